The molecule has 0 aliphatic carbocycles. The maximum Gasteiger partial charge on any atom is 0.191 e. The molecule has 0 spiro atoms. The van der Waals surface area contributed by atoms with E-state index in [9.17, 15) is 0 Å². The van der Waals surface area contributed by atoms with E-state index in [1.807, 2.05) is 11.8 Å². The summed E-state index contributed by atoms with van der Waals surface area (Å²) in [7, 11) is 0. The molecule has 0 atom stereocenters. The highest BCUT2D eigenvalue weighted by Gasteiger charge is 2.05. The molecule has 0 fully saturated rings. The Labute approximate surface area is 160 Å². The highest BCUT2D eigenvalue weighted by atomic mass is 127. The molecule has 0 saturated heterocycles. The van der Waals surface area contributed by atoms with E-state index < -0.39 is 0 Å². The summed E-state index contributed by atoms with van der Waals surface area (Å²) in [6.07, 6.45) is 5.21. The second-order valence-electron chi connectivity index (χ2n) is 5.24. The second-order valence-corrected chi connectivity index (χ2v) is 6.23. The van der Waals surface area contributed by atoms with Crippen LogP contribution in [0, 0.1) is 6.92 Å². The molecule has 128 valence electrons. The third-order valence-electron chi connectivity index (χ3n) is 3.61. The first kappa shape index (κ1) is 20.2. The van der Waals surface area contributed by atoms with E-state index in [0.717, 1.165) is 37.8 Å². The van der Waals surface area contributed by atoms with Gasteiger partial charge in [-0.3, -0.25) is 4.99 Å². The standard InChI is InChI=1S/C17H26N4S.HI/c1-4-18-17(20-10-11-22-3)19-9-8-14-12-21-16-13(2)6-5-7-15(14)16;/h5-7,12,21H,4,8-11H2,1-3H3,(H2,18,19,20);1H. The number of rotatable bonds is 7. The Kier molecular flexibility index (Phi) is 9.47. The maximum atomic E-state index is 4.56. The molecular formula is C17H27IN4S. The Morgan fingerprint density at radius 2 is 2.13 bits per heavy atom. The second kappa shape index (κ2) is 10.8. The molecule has 2 aromatic rings. The van der Waals surface area contributed by atoms with Crippen molar-refractivity contribution in [3.05, 3.63) is 35.5 Å². The lowest BCUT2D eigenvalue weighted by Gasteiger charge is -2.11. The number of thioether (sulfide) groups is 1. The number of aliphatic imine (C=N–C) groups is 1. The number of fused-ring (bicyclic) bond motifs is 1. The summed E-state index contributed by atoms with van der Waals surface area (Å²) in [5.74, 6) is 1.96. The average Bonchev–Trinajstić information content (AvgIpc) is 2.92. The first-order chi connectivity index (χ1) is 10.8. The third kappa shape index (κ3) is 5.91. The van der Waals surface area contributed by atoms with Crippen LogP contribution in [0.25, 0.3) is 10.9 Å². The molecule has 1 heterocycles. The van der Waals surface area contributed by atoms with Gasteiger partial charge in [-0.2, -0.15) is 11.8 Å². The number of halogens is 1. The zero-order valence-corrected chi connectivity index (χ0v) is 17.3. The average molecular weight is 446 g/mol. The molecule has 1 aromatic heterocycles. The van der Waals surface area contributed by atoms with E-state index in [1.54, 1.807) is 0 Å². The number of aromatic amines is 1. The van der Waals surface area contributed by atoms with Gasteiger partial charge in [0.25, 0.3) is 0 Å². The van der Waals surface area contributed by atoms with Crippen molar-refractivity contribution in [2.24, 2.45) is 4.99 Å². The fraction of sp³-hybridized carbons (Fsp3) is 0.471. The minimum absolute atomic E-state index is 0. The fourth-order valence-electron chi connectivity index (χ4n) is 2.48. The molecule has 2 rings (SSSR count). The van der Waals surface area contributed by atoms with Crippen LogP contribution in [-0.2, 0) is 6.42 Å². The van der Waals surface area contributed by atoms with Gasteiger partial charge in [-0.1, -0.05) is 18.2 Å². The monoisotopic (exact) mass is 446 g/mol. The summed E-state index contributed by atoms with van der Waals surface area (Å²) < 4.78 is 0. The van der Waals surface area contributed by atoms with Gasteiger partial charge >= 0.3 is 0 Å². The van der Waals surface area contributed by atoms with Crippen molar-refractivity contribution in [2.75, 3.05) is 31.6 Å². The summed E-state index contributed by atoms with van der Waals surface area (Å²) in [5.41, 5.74) is 3.90. The van der Waals surface area contributed by atoms with Crippen LogP contribution in [-0.4, -0.2) is 42.6 Å². The van der Waals surface area contributed by atoms with Gasteiger partial charge in [0.1, 0.15) is 0 Å². The fourth-order valence-corrected chi connectivity index (χ4v) is 2.75. The Morgan fingerprint density at radius 3 is 2.87 bits per heavy atom. The number of aromatic nitrogens is 1. The zero-order valence-electron chi connectivity index (χ0n) is 14.1. The van der Waals surface area contributed by atoms with Crippen LogP contribution in [0.15, 0.2) is 29.4 Å². The third-order valence-corrected chi connectivity index (χ3v) is 4.20. The summed E-state index contributed by atoms with van der Waals surface area (Å²) in [5, 5.41) is 8.03. The largest absolute Gasteiger partial charge is 0.361 e. The van der Waals surface area contributed by atoms with Gasteiger partial charge in [0.2, 0.25) is 0 Å². The number of nitrogens with zero attached hydrogens (tertiary/aromatic N) is 1. The number of hydrogen-bond acceptors (Lipinski definition) is 2. The smallest absolute Gasteiger partial charge is 0.191 e. The van der Waals surface area contributed by atoms with E-state index in [-0.39, 0.29) is 24.0 Å². The molecule has 4 nitrogen and oxygen atoms in total. The Balaban J connectivity index is 0.00000264. The predicted octanol–water partition coefficient (Wildman–Crippen LogP) is 3.55. The molecular weight excluding hydrogens is 419 g/mol. The molecule has 0 bridgehead atoms. The molecule has 0 radical (unpaired) electrons. The van der Waals surface area contributed by atoms with Gasteiger partial charge < -0.3 is 15.6 Å². The van der Waals surface area contributed by atoms with E-state index in [4.69, 9.17) is 0 Å². The quantitative estimate of drug-likeness (QED) is 0.264. The lowest BCUT2D eigenvalue weighted by Crippen LogP contribution is -2.38. The first-order valence-corrected chi connectivity index (χ1v) is 9.22. The minimum atomic E-state index is 0. The molecule has 1 aromatic carbocycles. The van der Waals surface area contributed by atoms with Crippen LogP contribution >= 0.6 is 35.7 Å². The summed E-state index contributed by atoms with van der Waals surface area (Å²) in [6.45, 7) is 6.85. The minimum Gasteiger partial charge on any atom is -0.361 e. The van der Waals surface area contributed by atoms with Crippen LogP contribution in [0.5, 0.6) is 0 Å². The topological polar surface area (TPSA) is 52.2 Å². The van der Waals surface area contributed by atoms with Crippen molar-refractivity contribution in [2.45, 2.75) is 20.3 Å². The van der Waals surface area contributed by atoms with Crippen molar-refractivity contribution >= 4 is 52.6 Å². The molecule has 0 aliphatic heterocycles. The Morgan fingerprint density at radius 1 is 1.30 bits per heavy atom. The first-order valence-electron chi connectivity index (χ1n) is 7.83. The molecule has 0 unspecified atom stereocenters. The van der Waals surface area contributed by atoms with Crippen LogP contribution in [0.2, 0.25) is 0 Å². The Hall–Kier alpha value is -0.890. The van der Waals surface area contributed by atoms with Crippen molar-refractivity contribution < 1.29 is 0 Å². The molecule has 6 heteroatoms. The number of hydrogen-bond donors (Lipinski definition) is 3. The number of nitrogens with one attached hydrogen (secondary N) is 3. The van der Waals surface area contributed by atoms with Crippen molar-refractivity contribution in [1.82, 2.24) is 15.6 Å². The highest BCUT2D eigenvalue weighted by molar-refractivity contribution is 14.0. The van der Waals surface area contributed by atoms with Gasteiger partial charge in [-0.05, 0) is 37.7 Å². The zero-order chi connectivity index (χ0) is 15.8. The molecule has 23 heavy (non-hydrogen) atoms. The van der Waals surface area contributed by atoms with Crippen molar-refractivity contribution in [3.8, 4) is 0 Å². The summed E-state index contributed by atoms with van der Waals surface area (Å²) in [4.78, 5) is 7.95. The Bertz CT molecular complexity index is 624. The SMILES string of the molecule is CCNC(=NCCSC)NCCc1c[nH]c2c(C)cccc12.I. The van der Waals surface area contributed by atoms with E-state index in [2.05, 4.69) is 65.1 Å². The number of para-hydroxylation sites is 1. The van der Waals surface area contributed by atoms with Crippen LogP contribution in [0.1, 0.15) is 18.1 Å². The van der Waals surface area contributed by atoms with Gasteiger partial charge in [0.15, 0.2) is 5.96 Å². The predicted molar refractivity (Wildman–Crippen MR) is 115 cm³/mol. The van der Waals surface area contributed by atoms with Crippen molar-refractivity contribution in [3.63, 3.8) is 0 Å². The van der Waals surface area contributed by atoms with E-state index in [1.165, 1.54) is 22.0 Å². The lowest BCUT2D eigenvalue weighted by atomic mass is 10.1. The van der Waals surface area contributed by atoms with E-state index in [0.29, 0.717) is 0 Å². The normalized spacial score (nSPS) is 11.3. The van der Waals surface area contributed by atoms with E-state index >= 15 is 0 Å². The van der Waals surface area contributed by atoms with Gasteiger partial charge in [-0.15, -0.1) is 24.0 Å². The van der Waals surface area contributed by atoms with Gasteiger partial charge in [0.05, 0.1) is 6.54 Å². The van der Waals surface area contributed by atoms with Gasteiger partial charge in [-0.25, -0.2) is 0 Å². The van der Waals surface area contributed by atoms with Crippen LogP contribution < -0.4 is 10.6 Å². The van der Waals surface area contributed by atoms with Crippen LogP contribution in [0.3, 0.4) is 0 Å². The number of benzene rings is 1. The molecule has 0 aliphatic rings. The number of guanidine groups is 1. The van der Waals surface area contributed by atoms with Crippen LogP contribution in [0.4, 0.5) is 0 Å². The number of H-pyrrole nitrogens is 1. The molecule has 3 N–H and O–H groups in total. The lowest BCUT2D eigenvalue weighted by molar-refractivity contribution is 0.806. The summed E-state index contributed by atoms with van der Waals surface area (Å²) in [6, 6.07) is 6.45. The van der Waals surface area contributed by atoms with Crippen molar-refractivity contribution in [1.29, 1.82) is 0 Å². The maximum absolute atomic E-state index is 4.56. The number of aryl methyl sites for hydroxylation is 1. The molecule has 0 saturated carbocycles. The summed E-state index contributed by atoms with van der Waals surface area (Å²) >= 11 is 1.82. The van der Waals surface area contributed by atoms with Gasteiger partial charge in [0, 0.05) is 35.9 Å². The molecule has 0 amide bonds. The highest BCUT2D eigenvalue weighted by Crippen LogP contribution is 2.21.